The second-order valence-electron chi connectivity index (χ2n) is 3.89. The van der Waals surface area contributed by atoms with Crippen LogP contribution in [0.3, 0.4) is 0 Å². The van der Waals surface area contributed by atoms with Crippen LogP contribution in [-0.2, 0) is 0 Å². The van der Waals surface area contributed by atoms with E-state index in [0.717, 1.165) is 18.7 Å². The lowest BCUT2D eigenvalue weighted by atomic mass is 10.1. The molecule has 1 aromatic heterocycles. The van der Waals surface area contributed by atoms with E-state index < -0.39 is 5.97 Å². The molecule has 2 heterocycles. The highest BCUT2D eigenvalue weighted by atomic mass is 16.4. The molecule has 2 rings (SSSR count). The number of hydrogen-bond acceptors (Lipinski definition) is 3. The molecule has 0 saturated carbocycles. The lowest BCUT2D eigenvalue weighted by Crippen LogP contribution is -2.32. The van der Waals surface area contributed by atoms with Gasteiger partial charge >= 0.3 is 5.97 Å². The van der Waals surface area contributed by atoms with Crippen LogP contribution in [0.5, 0.6) is 0 Å². The number of aromatic nitrogens is 2. The number of piperidine rings is 1. The Morgan fingerprint density at radius 1 is 1.67 bits per heavy atom. The molecular weight excluding hydrogens is 194 g/mol. The lowest BCUT2D eigenvalue weighted by molar-refractivity contribution is 0.0688. The summed E-state index contributed by atoms with van der Waals surface area (Å²) in [6, 6.07) is 1.61. The molecule has 1 atom stereocenters. The third-order valence-corrected chi connectivity index (χ3v) is 2.72. The van der Waals surface area contributed by atoms with Gasteiger partial charge in [0.1, 0.15) is 6.17 Å². The molecular formula is C10H15N3O2. The van der Waals surface area contributed by atoms with Gasteiger partial charge in [0.15, 0.2) is 5.69 Å². The van der Waals surface area contributed by atoms with Crippen molar-refractivity contribution in [3.05, 3.63) is 17.5 Å². The van der Waals surface area contributed by atoms with Crippen LogP contribution >= 0.6 is 0 Å². The average Bonchev–Trinajstić information content (AvgIpc) is 2.62. The molecule has 1 aliphatic heterocycles. The van der Waals surface area contributed by atoms with E-state index in [2.05, 4.69) is 10.4 Å². The lowest BCUT2D eigenvalue weighted by Gasteiger charge is -2.24. The summed E-state index contributed by atoms with van der Waals surface area (Å²) in [5, 5.41) is 16.2. The van der Waals surface area contributed by atoms with Gasteiger partial charge in [0, 0.05) is 5.69 Å². The second kappa shape index (κ2) is 4.02. The first-order chi connectivity index (χ1) is 7.18. The van der Waals surface area contributed by atoms with Gasteiger partial charge in [-0.25, -0.2) is 4.79 Å². The van der Waals surface area contributed by atoms with Crippen LogP contribution in [-0.4, -0.2) is 27.4 Å². The molecule has 82 valence electrons. The monoisotopic (exact) mass is 209 g/mol. The predicted octanol–water partition coefficient (Wildman–Crippen LogP) is 1.16. The van der Waals surface area contributed by atoms with Crippen LogP contribution in [0, 0.1) is 6.92 Å². The van der Waals surface area contributed by atoms with Gasteiger partial charge in [-0.15, -0.1) is 0 Å². The largest absolute Gasteiger partial charge is 0.476 e. The Kier molecular flexibility index (Phi) is 2.73. The highest BCUT2D eigenvalue weighted by molar-refractivity contribution is 5.85. The number of rotatable bonds is 2. The normalized spacial score (nSPS) is 21.5. The number of carboxylic acid groups (broad SMARTS) is 1. The van der Waals surface area contributed by atoms with Crippen molar-refractivity contribution in [2.24, 2.45) is 0 Å². The number of aromatic carboxylic acids is 1. The summed E-state index contributed by atoms with van der Waals surface area (Å²) in [5.41, 5.74) is 1.02. The first kappa shape index (κ1) is 10.2. The number of carbonyl (C=O) groups is 1. The number of nitrogens with zero attached hydrogens (tertiary/aromatic N) is 2. The van der Waals surface area contributed by atoms with Gasteiger partial charge in [-0.05, 0) is 38.8 Å². The molecule has 5 heteroatoms. The summed E-state index contributed by atoms with van der Waals surface area (Å²) in [6.45, 7) is 2.86. The predicted molar refractivity (Wildman–Crippen MR) is 54.8 cm³/mol. The summed E-state index contributed by atoms with van der Waals surface area (Å²) in [6.07, 6.45) is 3.52. The number of carboxylic acids is 1. The number of aryl methyl sites for hydroxylation is 1. The fourth-order valence-electron chi connectivity index (χ4n) is 1.95. The zero-order chi connectivity index (χ0) is 10.8. The van der Waals surface area contributed by atoms with Crippen molar-refractivity contribution in [3.63, 3.8) is 0 Å². The molecule has 1 saturated heterocycles. The minimum Gasteiger partial charge on any atom is -0.476 e. The second-order valence-corrected chi connectivity index (χ2v) is 3.89. The summed E-state index contributed by atoms with van der Waals surface area (Å²) in [7, 11) is 0. The maximum absolute atomic E-state index is 10.8. The molecule has 0 radical (unpaired) electrons. The number of nitrogens with one attached hydrogen (secondary N) is 1. The summed E-state index contributed by atoms with van der Waals surface area (Å²) >= 11 is 0. The van der Waals surface area contributed by atoms with Crippen molar-refractivity contribution in [1.29, 1.82) is 0 Å². The van der Waals surface area contributed by atoms with Gasteiger partial charge in [-0.3, -0.25) is 10.00 Å². The third kappa shape index (κ3) is 2.02. The Bertz CT molecular complexity index is 367. The van der Waals surface area contributed by atoms with Gasteiger partial charge < -0.3 is 5.11 Å². The molecule has 5 nitrogen and oxygen atoms in total. The third-order valence-electron chi connectivity index (χ3n) is 2.72. The van der Waals surface area contributed by atoms with Crippen molar-refractivity contribution in [2.75, 3.05) is 6.54 Å². The SMILES string of the molecule is Cc1cc(C(=O)O)nn1[C@H]1CCCCN1. The molecule has 1 aromatic rings. The Morgan fingerprint density at radius 3 is 3.00 bits per heavy atom. The topological polar surface area (TPSA) is 67.1 Å². The van der Waals surface area contributed by atoms with E-state index in [-0.39, 0.29) is 11.9 Å². The fraction of sp³-hybridized carbons (Fsp3) is 0.600. The van der Waals surface area contributed by atoms with Crippen molar-refractivity contribution >= 4 is 5.97 Å². The minimum absolute atomic E-state index is 0.125. The highest BCUT2D eigenvalue weighted by Gasteiger charge is 2.19. The molecule has 0 spiro atoms. The van der Waals surface area contributed by atoms with Crippen LogP contribution < -0.4 is 5.32 Å². The van der Waals surface area contributed by atoms with Crippen molar-refractivity contribution in [2.45, 2.75) is 32.4 Å². The highest BCUT2D eigenvalue weighted by Crippen LogP contribution is 2.18. The first-order valence-corrected chi connectivity index (χ1v) is 5.21. The molecule has 0 amide bonds. The van der Waals surface area contributed by atoms with E-state index in [4.69, 9.17) is 5.11 Å². The van der Waals surface area contributed by atoms with E-state index in [9.17, 15) is 4.79 Å². The van der Waals surface area contributed by atoms with Gasteiger partial charge in [0.25, 0.3) is 0 Å². The van der Waals surface area contributed by atoms with Crippen LogP contribution in [0.2, 0.25) is 0 Å². The van der Waals surface area contributed by atoms with Crippen LogP contribution in [0.4, 0.5) is 0 Å². The smallest absolute Gasteiger partial charge is 0.356 e. The quantitative estimate of drug-likeness (QED) is 0.767. The van der Waals surface area contributed by atoms with Crippen molar-refractivity contribution in [3.8, 4) is 0 Å². The van der Waals surface area contributed by atoms with Gasteiger partial charge in [0.05, 0.1) is 0 Å². The van der Waals surface area contributed by atoms with Gasteiger partial charge in [0.2, 0.25) is 0 Å². The Hall–Kier alpha value is -1.36. The van der Waals surface area contributed by atoms with E-state index in [1.807, 2.05) is 6.92 Å². The van der Waals surface area contributed by atoms with Gasteiger partial charge in [-0.2, -0.15) is 5.10 Å². The standard InChI is InChI=1S/C10H15N3O2/c1-7-6-8(10(14)15)12-13(7)9-4-2-3-5-11-9/h6,9,11H,2-5H2,1H3,(H,14,15)/t9-/m0/s1. The summed E-state index contributed by atoms with van der Waals surface area (Å²) in [4.78, 5) is 10.8. The molecule has 0 aromatic carbocycles. The van der Waals surface area contributed by atoms with Crippen molar-refractivity contribution in [1.82, 2.24) is 15.1 Å². The van der Waals surface area contributed by atoms with E-state index in [0.29, 0.717) is 0 Å². The first-order valence-electron chi connectivity index (χ1n) is 5.21. The summed E-state index contributed by atoms with van der Waals surface area (Å²) < 4.78 is 1.78. The molecule has 15 heavy (non-hydrogen) atoms. The van der Waals surface area contributed by atoms with E-state index in [1.165, 1.54) is 12.8 Å². The molecule has 1 aliphatic rings. The van der Waals surface area contributed by atoms with Crippen molar-refractivity contribution < 1.29 is 9.90 Å². The maximum atomic E-state index is 10.8. The zero-order valence-electron chi connectivity index (χ0n) is 8.73. The van der Waals surface area contributed by atoms with E-state index >= 15 is 0 Å². The maximum Gasteiger partial charge on any atom is 0.356 e. The van der Waals surface area contributed by atoms with Crippen LogP contribution in [0.15, 0.2) is 6.07 Å². The van der Waals surface area contributed by atoms with Crippen LogP contribution in [0.25, 0.3) is 0 Å². The van der Waals surface area contributed by atoms with Crippen LogP contribution in [0.1, 0.15) is 41.6 Å². The molecule has 0 aliphatic carbocycles. The minimum atomic E-state index is -0.965. The van der Waals surface area contributed by atoms with Gasteiger partial charge in [-0.1, -0.05) is 0 Å². The molecule has 0 bridgehead atoms. The van der Waals surface area contributed by atoms with E-state index in [1.54, 1.807) is 10.7 Å². The molecule has 0 unspecified atom stereocenters. The Balaban J connectivity index is 2.22. The summed E-state index contributed by atoms with van der Waals surface area (Å²) in [5.74, 6) is -0.965. The Morgan fingerprint density at radius 2 is 2.47 bits per heavy atom. The molecule has 1 fully saturated rings. The fourth-order valence-corrected chi connectivity index (χ4v) is 1.95. The zero-order valence-corrected chi connectivity index (χ0v) is 8.73. The number of hydrogen-bond donors (Lipinski definition) is 2. The molecule has 2 N–H and O–H groups in total. The Labute approximate surface area is 88.1 Å². The average molecular weight is 209 g/mol.